The van der Waals surface area contributed by atoms with Crippen molar-refractivity contribution >= 4 is 44.9 Å². The molecule has 0 bridgehead atoms. The number of rotatable bonds is 2. The summed E-state index contributed by atoms with van der Waals surface area (Å²) in [5, 5.41) is 0.434. The summed E-state index contributed by atoms with van der Waals surface area (Å²) in [7, 11) is -4.45. The van der Waals surface area contributed by atoms with Crippen molar-refractivity contribution in [2.24, 2.45) is 0 Å². The number of alkyl halides is 1. The van der Waals surface area contributed by atoms with Gasteiger partial charge in [0.05, 0.1) is 0 Å². The average molecular weight is 290 g/mol. The molecule has 0 aliphatic rings. The Morgan fingerprint density at radius 3 is 2.27 bits per heavy atom. The number of benzene rings is 1. The Morgan fingerprint density at radius 2 is 1.87 bits per heavy atom. The molecule has 1 unspecified atom stereocenters. The van der Waals surface area contributed by atoms with Crippen molar-refractivity contribution in [2.75, 3.05) is 0 Å². The van der Waals surface area contributed by atoms with E-state index < -0.39 is 14.3 Å². The van der Waals surface area contributed by atoms with Crippen molar-refractivity contribution < 1.29 is 13.0 Å². The first-order valence-corrected chi connectivity index (χ1v) is 6.35. The molecule has 0 aromatic heterocycles. The number of hydrogen-bond donors (Lipinski definition) is 1. The standard InChI is InChI=1S/C8H7Cl3O3S/c1-8(11,15(12,13)14)6-3-2-5(9)4-7(6)10/h2-4H,1H3,(H,12,13,14). The van der Waals surface area contributed by atoms with Crippen molar-refractivity contribution in [1.82, 2.24) is 0 Å². The molecule has 0 fully saturated rings. The molecule has 1 rings (SSSR count). The van der Waals surface area contributed by atoms with Gasteiger partial charge in [0.15, 0.2) is 4.21 Å². The summed E-state index contributed by atoms with van der Waals surface area (Å²) in [6.07, 6.45) is 0. The van der Waals surface area contributed by atoms with E-state index in [1.807, 2.05) is 0 Å². The zero-order valence-electron chi connectivity index (χ0n) is 7.54. The van der Waals surface area contributed by atoms with Gasteiger partial charge in [-0.1, -0.05) is 40.9 Å². The fourth-order valence-corrected chi connectivity index (χ4v) is 2.31. The maximum absolute atomic E-state index is 11.0. The average Bonchev–Trinajstić information content (AvgIpc) is 2.00. The van der Waals surface area contributed by atoms with Crippen LogP contribution in [-0.4, -0.2) is 13.0 Å². The van der Waals surface area contributed by atoms with Crippen LogP contribution < -0.4 is 0 Å². The van der Waals surface area contributed by atoms with E-state index in [2.05, 4.69) is 0 Å². The SMILES string of the molecule is CC(Cl)(c1ccc(Cl)cc1Cl)S(=O)(=O)O. The zero-order chi connectivity index (χ0) is 11.9. The summed E-state index contributed by atoms with van der Waals surface area (Å²) < 4.78 is 29.0. The highest BCUT2D eigenvalue weighted by molar-refractivity contribution is 7.88. The molecule has 0 saturated carbocycles. The van der Waals surface area contributed by atoms with Crippen LogP contribution in [-0.2, 0) is 14.3 Å². The second kappa shape index (κ2) is 4.11. The maximum Gasteiger partial charge on any atom is 0.288 e. The highest BCUT2D eigenvalue weighted by Gasteiger charge is 2.39. The van der Waals surface area contributed by atoms with E-state index in [0.717, 1.165) is 6.92 Å². The van der Waals surface area contributed by atoms with Gasteiger partial charge in [0.25, 0.3) is 10.1 Å². The van der Waals surface area contributed by atoms with Gasteiger partial charge in [-0.05, 0) is 19.1 Å². The minimum atomic E-state index is -4.45. The van der Waals surface area contributed by atoms with E-state index >= 15 is 0 Å². The van der Waals surface area contributed by atoms with Crippen LogP contribution in [0.4, 0.5) is 0 Å². The topological polar surface area (TPSA) is 54.4 Å². The minimum Gasteiger partial charge on any atom is -0.284 e. The first-order valence-electron chi connectivity index (χ1n) is 3.78. The molecule has 1 aromatic carbocycles. The summed E-state index contributed by atoms with van der Waals surface area (Å²) in [5.41, 5.74) is 0.0812. The molecule has 0 radical (unpaired) electrons. The summed E-state index contributed by atoms with van der Waals surface area (Å²) >= 11 is 17.1. The first-order chi connectivity index (χ1) is 6.66. The van der Waals surface area contributed by atoms with Crippen LogP contribution >= 0.6 is 34.8 Å². The largest absolute Gasteiger partial charge is 0.288 e. The molecule has 0 aliphatic carbocycles. The van der Waals surface area contributed by atoms with E-state index in [0.29, 0.717) is 5.02 Å². The monoisotopic (exact) mass is 288 g/mol. The van der Waals surface area contributed by atoms with Crippen molar-refractivity contribution in [3.8, 4) is 0 Å². The van der Waals surface area contributed by atoms with Crippen LogP contribution in [0.2, 0.25) is 10.0 Å². The maximum atomic E-state index is 11.0. The summed E-state index contributed by atoms with van der Waals surface area (Å²) in [4.78, 5) is 0. The quantitative estimate of drug-likeness (QED) is 0.671. The van der Waals surface area contributed by atoms with E-state index in [1.54, 1.807) is 0 Å². The van der Waals surface area contributed by atoms with E-state index in [1.165, 1.54) is 18.2 Å². The molecule has 0 saturated heterocycles. The van der Waals surface area contributed by atoms with Gasteiger partial charge in [-0.15, -0.1) is 0 Å². The van der Waals surface area contributed by atoms with Gasteiger partial charge >= 0.3 is 0 Å². The smallest absolute Gasteiger partial charge is 0.284 e. The Labute approximate surface area is 103 Å². The molecule has 0 amide bonds. The fraction of sp³-hybridized carbons (Fsp3) is 0.250. The molecule has 0 aliphatic heterocycles. The molecule has 0 heterocycles. The zero-order valence-corrected chi connectivity index (χ0v) is 10.6. The Bertz CT molecular complexity index is 482. The number of halogens is 3. The molecule has 1 atom stereocenters. The van der Waals surface area contributed by atoms with Gasteiger partial charge in [0, 0.05) is 15.6 Å². The van der Waals surface area contributed by atoms with Crippen molar-refractivity contribution in [3.63, 3.8) is 0 Å². The third-order valence-electron chi connectivity index (χ3n) is 1.90. The van der Waals surface area contributed by atoms with Gasteiger partial charge in [-0.2, -0.15) is 8.42 Å². The molecular weight excluding hydrogens is 283 g/mol. The van der Waals surface area contributed by atoms with Crippen LogP contribution in [0.5, 0.6) is 0 Å². The molecule has 1 N–H and O–H groups in total. The lowest BCUT2D eigenvalue weighted by molar-refractivity contribution is 0.464. The Balaban J connectivity index is 3.41. The second-order valence-corrected chi connectivity index (χ2v) is 6.61. The van der Waals surface area contributed by atoms with Crippen molar-refractivity contribution in [3.05, 3.63) is 33.8 Å². The molecule has 1 aromatic rings. The van der Waals surface area contributed by atoms with Gasteiger partial charge in [-0.25, -0.2) is 0 Å². The fourth-order valence-electron chi connectivity index (χ4n) is 0.991. The van der Waals surface area contributed by atoms with Gasteiger partial charge in [-0.3, -0.25) is 4.55 Å². The summed E-state index contributed by atoms with van der Waals surface area (Å²) in [6.45, 7) is 1.14. The Hall–Kier alpha value is -0.000000000000000132. The third-order valence-corrected chi connectivity index (χ3v) is 4.42. The van der Waals surface area contributed by atoms with Crippen molar-refractivity contribution in [2.45, 2.75) is 11.1 Å². The van der Waals surface area contributed by atoms with Gasteiger partial charge in [0.2, 0.25) is 0 Å². The molecule has 84 valence electrons. The van der Waals surface area contributed by atoms with Crippen LogP contribution in [0.25, 0.3) is 0 Å². The predicted octanol–water partition coefficient (Wildman–Crippen LogP) is 3.29. The lowest BCUT2D eigenvalue weighted by Crippen LogP contribution is -2.26. The predicted molar refractivity (Wildman–Crippen MR) is 61.2 cm³/mol. The van der Waals surface area contributed by atoms with E-state index in [-0.39, 0.29) is 10.6 Å². The molecule has 0 spiro atoms. The highest BCUT2D eigenvalue weighted by atomic mass is 35.5. The van der Waals surface area contributed by atoms with Crippen LogP contribution in [0.15, 0.2) is 18.2 Å². The lowest BCUT2D eigenvalue weighted by Gasteiger charge is -2.20. The van der Waals surface area contributed by atoms with E-state index in [4.69, 9.17) is 39.4 Å². The Morgan fingerprint density at radius 1 is 1.33 bits per heavy atom. The minimum absolute atomic E-state index is 0.0811. The lowest BCUT2D eigenvalue weighted by atomic mass is 10.1. The summed E-state index contributed by atoms with van der Waals surface area (Å²) in [5.74, 6) is 0. The van der Waals surface area contributed by atoms with Crippen molar-refractivity contribution in [1.29, 1.82) is 0 Å². The van der Waals surface area contributed by atoms with Crippen LogP contribution in [0.3, 0.4) is 0 Å². The van der Waals surface area contributed by atoms with Crippen LogP contribution in [0.1, 0.15) is 12.5 Å². The number of hydrogen-bond acceptors (Lipinski definition) is 2. The molecular formula is C8H7Cl3O3S. The van der Waals surface area contributed by atoms with Crippen LogP contribution in [0, 0.1) is 0 Å². The molecule has 15 heavy (non-hydrogen) atoms. The van der Waals surface area contributed by atoms with Gasteiger partial charge in [0.1, 0.15) is 0 Å². The summed E-state index contributed by atoms with van der Waals surface area (Å²) in [6, 6.07) is 4.14. The molecule has 3 nitrogen and oxygen atoms in total. The Kier molecular flexibility index (Phi) is 3.58. The second-order valence-electron chi connectivity index (χ2n) is 3.02. The van der Waals surface area contributed by atoms with E-state index in [9.17, 15) is 8.42 Å². The highest BCUT2D eigenvalue weighted by Crippen LogP contribution is 2.38. The molecule has 7 heteroatoms. The third kappa shape index (κ3) is 2.57. The van der Waals surface area contributed by atoms with Gasteiger partial charge < -0.3 is 0 Å². The first kappa shape index (κ1) is 13.1. The normalized spacial score (nSPS) is 16.1.